The van der Waals surface area contributed by atoms with Gasteiger partial charge in [-0.25, -0.2) is 0 Å². The van der Waals surface area contributed by atoms with E-state index in [0.29, 0.717) is 11.8 Å². The van der Waals surface area contributed by atoms with Crippen molar-refractivity contribution in [3.05, 3.63) is 48.7 Å². The number of nitrogens with zero attached hydrogens (tertiary/aromatic N) is 2. The van der Waals surface area contributed by atoms with E-state index in [-0.39, 0.29) is 6.04 Å². The number of aromatic nitrogens is 1. The van der Waals surface area contributed by atoms with Crippen LogP contribution in [-0.4, -0.2) is 41.2 Å². The zero-order chi connectivity index (χ0) is 16.7. The minimum absolute atomic E-state index is 0.178. The number of benzene rings is 1. The van der Waals surface area contributed by atoms with Crippen molar-refractivity contribution in [3.63, 3.8) is 0 Å². The van der Waals surface area contributed by atoms with E-state index in [1.807, 2.05) is 24.3 Å². The van der Waals surface area contributed by atoms with E-state index in [4.69, 9.17) is 4.74 Å². The summed E-state index contributed by atoms with van der Waals surface area (Å²) in [5.74, 6) is 2.01. The monoisotopic (exact) mass is 324 g/mol. The molecule has 5 atom stereocenters. The average Bonchev–Trinajstić information content (AvgIpc) is 2.66. The highest BCUT2D eigenvalue weighted by Crippen LogP contribution is 2.42. The molecule has 4 heteroatoms. The van der Waals surface area contributed by atoms with Gasteiger partial charge in [0.2, 0.25) is 0 Å². The van der Waals surface area contributed by atoms with Crippen LogP contribution >= 0.6 is 0 Å². The molecule has 24 heavy (non-hydrogen) atoms. The van der Waals surface area contributed by atoms with Gasteiger partial charge in [-0.3, -0.25) is 9.88 Å². The number of aliphatic hydroxyl groups excluding tert-OH is 1. The summed E-state index contributed by atoms with van der Waals surface area (Å²) in [4.78, 5) is 6.86. The Bertz CT molecular complexity index is 760. The van der Waals surface area contributed by atoms with E-state index in [9.17, 15) is 5.11 Å². The molecule has 1 aromatic heterocycles. The van der Waals surface area contributed by atoms with Crippen LogP contribution in [0.1, 0.15) is 24.5 Å². The van der Waals surface area contributed by atoms with Gasteiger partial charge in [-0.2, -0.15) is 0 Å². The third-order valence-corrected chi connectivity index (χ3v) is 5.82. The van der Waals surface area contributed by atoms with Gasteiger partial charge >= 0.3 is 0 Å². The van der Waals surface area contributed by atoms with Crippen molar-refractivity contribution in [1.29, 1.82) is 0 Å². The minimum atomic E-state index is -0.504. The second-order valence-electron chi connectivity index (χ2n) is 6.97. The van der Waals surface area contributed by atoms with Crippen molar-refractivity contribution in [2.45, 2.75) is 25.0 Å². The van der Waals surface area contributed by atoms with Crippen LogP contribution in [-0.2, 0) is 0 Å². The lowest BCUT2D eigenvalue weighted by molar-refractivity contribution is -0.0444. The first-order valence-electron chi connectivity index (χ1n) is 8.68. The maximum Gasteiger partial charge on any atom is 0.119 e. The van der Waals surface area contributed by atoms with Gasteiger partial charge in [-0.15, -0.1) is 6.58 Å². The van der Waals surface area contributed by atoms with Gasteiger partial charge in [0.25, 0.3) is 0 Å². The van der Waals surface area contributed by atoms with E-state index in [0.717, 1.165) is 41.7 Å². The van der Waals surface area contributed by atoms with Crippen molar-refractivity contribution < 1.29 is 9.84 Å². The molecule has 2 aromatic rings. The van der Waals surface area contributed by atoms with Crippen LogP contribution in [0.3, 0.4) is 0 Å². The van der Waals surface area contributed by atoms with Crippen LogP contribution in [0, 0.1) is 11.8 Å². The number of hydrogen-bond acceptors (Lipinski definition) is 4. The van der Waals surface area contributed by atoms with Crippen LogP contribution < -0.4 is 4.74 Å². The molecule has 0 saturated carbocycles. The third kappa shape index (κ3) is 2.50. The van der Waals surface area contributed by atoms with Gasteiger partial charge in [0, 0.05) is 24.2 Å². The predicted octanol–water partition coefficient (Wildman–Crippen LogP) is 3.17. The SMILES string of the molecule is C=C[C@H]1CN2CC[C@H]1C[C@H]2[C@@H](O)c1ccnc2ccc(OC)cc12. The first kappa shape index (κ1) is 15.6. The fraction of sp³-hybridized carbons (Fsp3) is 0.450. The summed E-state index contributed by atoms with van der Waals surface area (Å²) in [6, 6.07) is 7.96. The molecule has 3 aliphatic rings. The molecule has 0 aliphatic carbocycles. The Morgan fingerprint density at radius 1 is 1.42 bits per heavy atom. The summed E-state index contributed by atoms with van der Waals surface area (Å²) in [6.07, 6.45) is 5.62. The highest BCUT2D eigenvalue weighted by atomic mass is 16.5. The van der Waals surface area contributed by atoms with Crippen molar-refractivity contribution in [1.82, 2.24) is 9.88 Å². The zero-order valence-electron chi connectivity index (χ0n) is 14.1. The smallest absolute Gasteiger partial charge is 0.119 e. The quantitative estimate of drug-likeness (QED) is 0.878. The van der Waals surface area contributed by atoms with Crippen molar-refractivity contribution in [3.8, 4) is 5.75 Å². The molecule has 1 unspecified atom stereocenters. The largest absolute Gasteiger partial charge is 0.497 e. The summed E-state index contributed by atoms with van der Waals surface area (Å²) in [7, 11) is 1.66. The molecule has 4 heterocycles. The lowest BCUT2D eigenvalue weighted by atomic mass is 9.73. The second-order valence-corrected chi connectivity index (χ2v) is 6.97. The van der Waals surface area contributed by atoms with Crippen molar-refractivity contribution >= 4 is 10.9 Å². The first-order valence-corrected chi connectivity index (χ1v) is 8.68. The molecule has 4 nitrogen and oxygen atoms in total. The summed E-state index contributed by atoms with van der Waals surface area (Å²) in [5, 5.41) is 12.1. The predicted molar refractivity (Wildman–Crippen MR) is 95.0 cm³/mol. The Morgan fingerprint density at radius 3 is 3.00 bits per heavy atom. The van der Waals surface area contributed by atoms with E-state index in [1.165, 1.54) is 6.42 Å². The van der Waals surface area contributed by atoms with Crippen LogP contribution in [0.5, 0.6) is 5.75 Å². The first-order chi connectivity index (χ1) is 11.7. The molecular formula is C20H24N2O2. The highest BCUT2D eigenvalue weighted by molar-refractivity contribution is 5.83. The summed E-state index contributed by atoms with van der Waals surface area (Å²) in [5.41, 5.74) is 1.85. The topological polar surface area (TPSA) is 45.6 Å². The van der Waals surface area contributed by atoms with Gasteiger partial charge < -0.3 is 9.84 Å². The van der Waals surface area contributed by atoms with Crippen molar-refractivity contribution in [2.24, 2.45) is 11.8 Å². The van der Waals surface area contributed by atoms with Crippen molar-refractivity contribution in [2.75, 3.05) is 20.2 Å². The van der Waals surface area contributed by atoms with Crippen LogP contribution in [0.15, 0.2) is 43.1 Å². The molecule has 3 fully saturated rings. The highest BCUT2D eigenvalue weighted by Gasteiger charge is 2.42. The van der Waals surface area contributed by atoms with E-state index in [2.05, 4.69) is 22.5 Å². The number of fused-ring (bicyclic) bond motifs is 4. The van der Waals surface area contributed by atoms with Gasteiger partial charge in [-0.1, -0.05) is 6.08 Å². The molecule has 1 N–H and O–H groups in total. The summed E-state index contributed by atoms with van der Waals surface area (Å²) >= 11 is 0. The Labute approximate surface area is 142 Å². The number of methoxy groups -OCH3 is 1. The standard InChI is InChI=1S/C20H24N2O2/c1-3-13-12-22-9-7-14(13)10-19(22)20(23)16-6-8-21-18-5-4-15(24-2)11-17(16)18/h3-6,8,11,13-14,19-20,23H,1,7,9-10,12H2,2H3/t13-,14-,19-,20-/m0/s1. The van der Waals surface area contributed by atoms with Gasteiger partial charge in [0.15, 0.2) is 0 Å². The lowest BCUT2D eigenvalue weighted by Crippen LogP contribution is -2.54. The normalized spacial score (nSPS) is 30.2. The lowest BCUT2D eigenvalue weighted by Gasteiger charge is -2.50. The Morgan fingerprint density at radius 2 is 2.29 bits per heavy atom. The number of hydrogen-bond donors (Lipinski definition) is 1. The molecule has 0 spiro atoms. The fourth-order valence-electron chi connectivity index (χ4n) is 4.44. The summed E-state index contributed by atoms with van der Waals surface area (Å²) in [6.45, 7) is 6.07. The Balaban J connectivity index is 1.69. The number of aliphatic hydroxyl groups is 1. The molecular weight excluding hydrogens is 300 g/mol. The zero-order valence-corrected chi connectivity index (χ0v) is 14.1. The molecule has 1 aromatic carbocycles. The maximum absolute atomic E-state index is 11.2. The average molecular weight is 324 g/mol. The van der Waals surface area contributed by atoms with Gasteiger partial charge in [-0.05, 0) is 61.1 Å². The van der Waals surface area contributed by atoms with Gasteiger partial charge in [0.05, 0.1) is 18.7 Å². The molecule has 126 valence electrons. The van der Waals surface area contributed by atoms with E-state index >= 15 is 0 Å². The number of ether oxygens (including phenoxy) is 1. The Hall–Kier alpha value is -1.91. The van der Waals surface area contributed by atoms with Crippen LogP contribution in [0.2, 0.25) is 0 Å². The number of piperidine rings is 3. The number of pyridine rings is 1. The molecule has 3 saturated heterocycles. The van der Waals surface area contributed by atoms with Crippen LogP contribution in [0.4, 0.5) is 0 Å². The minimum Gasteiger partial charge on any atom is -0.497 e. The van der Waals surface area contributed by atoms with Gasteiger partial charge in [0.1, 0.15) is 5.75 Å². The maximum atomic E-state index is 11.2. The molecule has 0 amide bonds. The molecule has 3 aliphatic heterocycles. The van der Waals surface area contributed by atoms with Crippen LogP contribution in [0.25, 0.3) is 10.9 Å². The van der Waals surface area contributed by atoms with E-state index in [1.54, 1.807) is 13.3 Å². The molecule has 2 bridgehead atoms. The second kappa shape index (κ2) is 6.19. The Kier molecular flexibility index (Phi) is 4.02. The number of rotatable bonds is 4. The third-order valence-electron chi connectivity index (χ3n) is 5.82. The fourth-order valence-corrected chi connectivity index (χ4v) is 4.44. The molecule has 5 rings (SSSR count). The molecule has 0 radical (unpaired) electrons. The summed E-state index contributed by atoms with van der Waals surface area (Å²) < 4.78 is 5.35. The van der Waals surface area contributed by atoms with E-state index < -0.39 is 6.10 Å².